The topological polar surface area (TPSA) is 35.2 Å². The molecule has 0 heterocycles. The van der Waals surface area contributed by atoms with Crippen molar-refractivity contribution in [2.45, 2.75) is 26.7 Å². The van der Waals surface area contributed by atoms with E-state index in [1.165, 1.54) is 12.1 Å². The molecule has 0 saturated carbocycles. The molecule has 15 heavy (non-hydrogen) atoms. The molecule has 1 atom stereocenters. The van der Waals surface area contributed by atoms with Crippen molar-refractivity contribution in [2.24, 2.45) is 5.92 Å². The minimum atomic E-state index is -0.332. The van der Waals surface area contributed by atoms with Gasteiger partial charge in [-0.1, -0.05) is 20.3 Å². The fraction of sp³-hybridized carbons (Fsp3) is 0.500. The largest absolute Gasteiger partial charge is 0.491 e. The molecule has 0 bridgehead atoms. The van der Waals surface area contributed by atoms with Crippen molar-refractivity contribution in [1.82, 2.24) is 0 Å². The predicted octanol–water partition coefficient (Wildman–Crippen LogP) is 3.22. The van der Waals surface area contributed by atoms with Gasteiger partial charge in [0, 0.05) is 6.07 Å². The zero-order valence-electron chi connectivity index (χ0n) is 9.29. The molecule has 0 radical (unpaired) electrons. The van der Waals surface area contributed by atoms with Gasteiger partial charge in [0.25, 0.3) is 0 Å². The lowest BCUT2D eigenvalue weighted by Crippen LogP contribution is -2.09. The molecule has 0 unspecified atom stereocenters. The lowest BCUT2D eigenvalue weighted by atomic mass is 10.1. The van der Waals surface area contributed by atoms with Crippen LogP contribution in [0.2, 0.25) is 0 Å². The molecule has 2 N–H and O–H groups in total. The Kier molecular flexibility index (Phi) is 4.40. The highest BCUT2D eigenvalue weighted by Gasteiger charge is 2.05. The van der Waals surface area contributed by atoms with Gasteiger partial charge in [-0.3, -0.25) is 0 Å². The van der Waals surface area contributed by atoms with Gasteiger partial charge in [0.1, 0.15) is 11.6 Å². The third kappa shape index (κ3) is 3.78. The maximum absolute atomic E-state index is 12.7. The normalized spacial score (nSPS) is 12.5. The average molecular weight is 211 g/mol. The highest BCUT2D eigenvalue weighted by molar-refractivity contribution is 5.52. The van der Waals surface area contributed by atoms with Gasteiger partial charge in [-0.05, 0) is 24.5 Å². The molecule has 1 rings (SSSR count). The summed E-state index contributed by atoms with van der Waals surface area (Å²) in [5, 5.41) is 0. The first kappa shape index (κ1) is 11.8. The van der Waals surface area contributed by atoms with Gasteiger partial charge in [-0.2, -0.15) is 0 Å². The summed E-state index contributed by atoms with van der Waals surface area (Å²) in [6.07, 6.45) is 2.27. The zero-order valence-corrected chi connectivity index (χ0v) is 9.29. The fourth-order valence-corrected chi connectivity index (χ4v) is 1.46. The number of nitrogen functional groups attached to an aromatic ring is 1. The molecule has 0 spiro atoms. The van der Waals surface area contributed by atoms with E-state index in [4.69, 9.17) is 10.5 Å². The van der Waals surface area contributed by atoms with Crippen LogP contribution < -0.4 is 10.5 Å². The second kappa shape index (κ2) is 5.59. The number of halogens is 1. The molecule has 84 valence electrons. The molecule has 2 nitrogen and oxygen atoms in total. The third-order valence-electron chi connectivity index (χ3n) is 2.28. The molecule has 0 aromatic heterocycles. The van der Waals surface area contributed by atoms with E-state index in [0.717, 1.165) is 12.8 Å². The summed E-state index contributed by atoms with van der Waals surface area (Å²) in [5.41, 5.74) is 5.98. The highest BCUT2D eigenvalue weighted by atomic mass is 19.1. The molecule has 0 aliphatic carbocycles. The first-order chi connectivity index (χ1) is 7.13. The van der Waals surface area contributed by atoms with Crippen molar-refractivity contribution in [3.63, 3.8) is 0 Å². The van der Waals surface area contributed by atoms with Crippen molar-refractivity contribution in [3.05, 3.63) is 24.0 Å². The van der Waals surface area contributed by atoms with E-state index >= 15 is 0 Å². The van der Waals surface area contributed by atoms with Crippen LogP contribution in [0.3, 0.4) is 0 Å². The lowest BCUT2D eigenvalue weighted by molar-refractivity contribution is 0.252. The third-order valence-corrected chi connectivity index (χ3v) is 2.28. The lowest BCUT2D eigenvalue weighted by Gasteiger charge is -2.13. The van der Waals surface area contributed by atoms with Crippen LogP contribution in [0.5, 0.6) is 5.75 Å². The predicted molar refractivity (Wildman–Crippen MR) is 60.4 cm³/mol. The van der Waals surface area contributed by atoms with Gasteiger partial charge in [-0.25, -0.2) is 4.39 Å². The number of nitrogens with two attached hydrogens (primary N) is 1. The number of ether oxygens (including phenoxy) is 1. The fourth-order valence-electron chi connectivity index (χ4n) is 1.46. The molecular weight excluding hydrogens is 193 g/mol. The maximum Gasteiger partial charge on any atom is 0.142 e. The molecule has 0 fully saturated rings. The SMILES string of the molecule is CCC[C@H](C)COc1ccc(F)cc1N. The summed E-state index contributed by atoms with van der Waals surface area (Å²) in [4.78, 5) is 0. The Hall–Kier alpha value is -1.25. The van der Waals surface area contributed by atoms with Crippen LogP contribution in [0.1, 0.15) is 26.7 Å². The number of hydrogen-bond donors (Lipinski definition) is 1. The van der Waals surface area contributed by atoms with Crippen LogP contribution in [0.15, 0.2) is 18.2 Å². The second-order valence-corrected chi connectivity index (χ2v) is 3.89. The molecule has 0 aliphatic rings. The summed E-state index contributed by atoms with van der Waals surface area (Å²) < 4.78 is 18.2. The first-order valence-corrected chi connectivity index (χ1v) is 5.31. The quantitative estimate of drug-likeness (QED) is 0.759. The number of hydrogen-bond acceptors (Lipinski definition) is 2. The van der Waals surface area contributed by atoms with Crippen LogP contribution in [0, 0.1) is 11.7 Å². The Morgan fingerprint density at radius 3 is 2.80 bits per heavy atom. The average Bonchev–Trinajstić information content (AvgIpc) is 2.17. The number of anilines is 1. The van der Waals surface area contributed by atoms with Crippen molar-refractivity contribution in [3.8, 4) is 5.75 Å². The summed E-state index contributed by atoms with van der Waals surface area (Å²) in [7, 11) is 0. The summed E-state index contributed by atoms with van der Waals surface area (Å²) in [6, 6.07) is 4.21. The Morgan fingerprint density at radius 2 is 2.20 bits per heavy atom. The Bertz CT molecular complexity index is 314. The van der Waals surface area contributed by atoms with Crippen LogP contribution >= 0.6 is 0 Å². The van der Waals surface area contributed by atoms with E-state index < -0.39 is 0 Å². The van der Waals surface area contributed by atoms with E-state index in [1.54, 1.807) is 6.07 Å². The maximum atomic E-state index is 12.7. The van der Waals surface area contributed by atoms with E-state index in [2.05, 4.69) is 13.8 Å². The van der Waals surface area contributed by atoms with Gasteiger partial charge < -0.3 is 10.5 Å². The molecule has 1 aromatic rings. The van der Waals surface area contributed by atoms with Crippen LogP contribution in [0.25, 0.3) is 0 Å². The summed E-state index contributed by atoms with van der Waals surface area (Å²) >= 11 is 0. The summed E-state index contributed by atoms with van der Waals surface area (Å²) in [6.45, 7) is 4.90. The number of rotatable bonds is 5. The minimum Gasteiger partial charge on any atom is -0.491 e. The van der Waals surface area contributed by atoms with Crippen molar-refractivity contribution in [1.29, 1.82) is 0 Å². The zero-order chi connectivity index (χ0) is 11.3. The minimum absolute atomic E-state index is 0.332. The van der Waals surface area contributed by atoms with Crippen LogP contribution in [0.4, 0.5) is 10.1 Å². The first-order valence-electron chi connectivity index (χ1n) is 5.31. The van der Waals surface area contributed by atoms with E-state index in [0.29, 0.717) is 24.0 Å². The number of benzene rings is 1. The van der Waals surface area contributed by atoms with Gasteiger partial charge >= 0.3 is 0 Å². The van der Waals surface area contributed by atoms with E-state index in [9.17, 15) is 4.39 Å². The van der Waals surface area contributed by atoms with Crippen LogP contribution in [-0.2, 0) is 0 Å². The molecule has 0 amide bonds. The smallest absolute Gasteiger partial charge is 0.142 e. The van der Waals surface area contributed by atoms with Gasteiger partial charge in [0.05, 0.1) is 12.3 Å². The second-order valence-electron chi connectivity index (χ2n) is 3.89. The molecule has 3 heteroatoms. The Labute approximate surface area is 90.2 Å². The Balaban J connectivity index is 2.50. The Morgan fingerprint density at radius 1 is 1.47 bits per heavy atom. The standard InChI is InChI=1S/C12H18FNO/c1-3-4-9(2)8-15-12-6-5-10(13)7-11(12)14/h5-7,9H,3-4,8,14H2,1-2H3/t9-/m0/s1. The van der Waals surface area contributed by atoms with Gasteiger partial charge in [0.15, 0.2) is 0 Å². The van der Waals surface area contributed by atoms with Crippen LogP contribution in [-0.4, -0.2) is 6.61 Å². The van der Waals surface area contributed by atoms with Gasteiger partial charge in [0.2, 0.25) is 0 Å². The van der Waals surface area contributed by atoms with Gasteiger partial charge in [-0.15, -0.1) is 0 Å². The van der Waals surface area contributed by atoms with Crippen molar-refractivity contribution < 1.29 is 9.13 Å². The molecular formula is C12H18FNO. The monoisotopic (exact) mass is 211 g/mol. The highest BCUT2D eigenvalue weighted by Crippen LogP contribution is 2.22. The van der Waals surface area contributed by atoms with Crippen molar-refractivity contribution in [2.75, 3.05) is 12.3 Å². The summed E-state index contributed by atoms with van der Waals surface area (Å²) in [5.74, 6) is 0.736. The molecule has 0 aliphatic heterocycles. The molecule has 1 aromatic carbocycles. The van der Waals surface area contributed by atoms with Crippen molar-refractivity contribution >= 4 is 5.69 Å². The molecule has 0 saturated heterocycles. The van der Waals surface area contributed by atoms with E-state index in [-0.39, 0.29) is 5.82 Å². The van der Waals surface area contributed by atoms with E-state index in [1.807, 2.05) is 0 Å².